The maximum atomic E-state index is 8.49. The van der Waals surface area contributed by atoms with Crippen molar-refractivity contribution in [2.24, 2.45) is 0 Å². The van der Waals surface area contributed by atoms with E-state index in [2.05, 4.69) is 46.2 Å². The molecule has 0 saturated carbocycles. The summed E-state index contributed by atoms with van der Waals surface area (Å²) in [5.41, 5.74) is 1.33. The molecule has 0 radical (unpaired) electrons. The lowest BCUT2D eigenvalue weighted by Crippen LogP contribution is -2.46. The average Bonchev–Trinajstić information content (AvgIpc) is 2.45. The molecule has 96 valence electrons. The fourth-order valence-electron chi connectivity index (χ4n) is 2.41. The summed E-state index contributed by atoms with van der Waals surface area (Å²) < 4.78 is 0. The number of para-hydroxylation sites is 1. The molecule has 1 fully saturated rings. The molecule has 1 aliphatic rings. The second-order valence-electron chi connectivity index (χ2n) is 4.78. The Labute approximate surface area is 110 Å². The maximum absolute atomic E-state index is 8.49. The van der Waals surface area contributed by atoms with E-state index in [1.54, 1.807) is 0 Å². The summed E-state index contributed by atoms with van der Waals surface area (Å²) in [7, 11) is 0. The highest BCUT2D eigenvalue weighted by Gasteiger charge is 2.16. The van der Waals surface area contributed by atoms with Crippen molar-refractivity contribution in [3.05, 3.63) is 30.3 Å². The quantitative estimate of drug-likeness (QED) is 0.744. The molecule has 3 heteroatoms. The Morgan fingerprint density at radius 1 is 1.00 bits per heavy atom. The highest BCUT2D eigenvalue weighted by molar-refractivity contribution is 5.46. The molecule has 0 bridgehead atoms. The molecule has 0 atom stereocenters. The first-order valence-corrected chi connectivity index (χ1v) is 6.79. The standard InChI is InChI=1S/C15H21N3/c16-9-5-2-6-10-17-11-13-18(14-12-17)15-7-3-1-4-8-15/h1,3-4,7-8H,2,5-6,10-14H2. The van der Waals surface area contributed by atoms with Crippen LogP contribution in [0.15, 0.2) is 30.3 Å². The van der Waals surface area contributed by atoms with Crippen LogP contribution in [-0.2, 0) is 0 Å². The van der Waals surface area contributed by atoms with E-state index in [1.807, 2.05) is 0 Å². The van der Waals surface area contributed by atoms with Crippen LogP contribution in [0.5, 0.6) is 0 Å². The van der Waals surface area contributed by atoms with Gasteiger partial charge in [0.1, 0.15) is 0 Å². The Hall–Kier alpha value is -1.53. The average molecular weight is 243 g/mol. The number of benzene rings is 1. The van der Waals surface area contributed by atoms with Gasteiger partial charge in [0, 0.05) is 38.3 Å². The van der Waals surface area contributed by atoms with E-state index in [0.29, 0.717) is 6.42 Å². The third kappa shape index (κ3) is 3.75. The van der Waals surface area contributed by atoms with Crippen molar-refractivity contribution >= 4 is 5.69 Å². The number of hydrogen-bond donors (Lipinski definition) is 0. The summed E-state index contributed by atoms with van der Waals surface area (Å²) in [6.45, 7) is 5.65. The molecule has 2 rings (SSSR count). The second kappa shape index (κ2) is 7.03. The van der Waals surface area contributed by atoms with Crippen molar-refractivity contribution in [3.63, 3.8) is 0 Å². The van der Waals surface area contributed by atoms with Crippen molar-refractivity contribution in [3.8, 4) is 6.07 Å². The SMILES string of the molecule is N#CCCCCN1CCN(c2ccccc2)CC1. The third-order valence-electron chi connectivity index (χ3n) is 3.51. The van der Waals surface area contributed by atoms with E-state index < -0.39 is 0 Å². The molecule has 1 heterocycles. The topological polar surface area (TPSA) is 30.3 Å². The van der Waals surface area contributed by atoms with Gasteiger partial charge in [-0.05, 0) is 31.5 Å². The minimum atomic E-state index is 0.698. The molecule has 1 saturated heterocycles. The van der Waals surface area contributed by atoms with Gasteiger partial charge >= 0.3 is 0 Å². The second-order valence-corrected chi connectivity index (χ2v) is 4.78. The smallest absolute Gasteiger partial charge is 0.0621 e. The first-order valence-electron chi connectivity index (χ1n) is 6.79. The Bertz CT molecular complexity index is 374. The van der Waals surface area contributed by atoms with Crippen LogP contribution in [0.2, 0.25) is 0 Å². The van der Waals surface area contributed by atoms with E-state index in [-0.39, 0.29) is 0 Å². The molecule has 1 aromatic rings. The van der Waals surface area contributed by atoms with E-state index in [0.717, 1.165) is 45.6 Å². The molecule has 0 aromatic heterocycles. The lowest BCUT2D eigenvalue weighted by molar-refractivity contribution is 0.253. The van der Waals surface area contributed by atoms with Crippen LogP contribution in [0.4, 0.5) is 5.69 Å². The van der Waals surface area contributed by atoms with Crippen molar-refractivity contribution in [1.82, 2.24) is 4.90 Å². The predicted octanol–water partition coefficient (Wildman–Crippen LogP) is 2.50. The monoisotopic (exact) mass is 243 g/mol. The van der Waals surface area contributed by atoms with Gasteiger partial charge in [-0.2, -0.15) is 5.26 Å². The van der Waals surface area contributed by atoms with Crippen molar-refractivity contribution in [2.45, 2.75) is 19.3 Å². The normalized spacial score (nSPS) is 16.5. The number of unbranched alkanes of at least 4 members (excludes halogenated alkanes) is 2. The van der Waals surface area contributed by atoms with Gasteiger partial charge in [-0.25, -0.2) is 0 Å². The highest BCUT2D eigenvalue weighted by atomic mass is 15.3. The first kappa shape index (κ1) is 12.9. The van der Waals surface area contributed by atoms with E-state index in [4.69, 9.17) is 5.26 Å². The first-order chi connectivity index (χ1) is 8.90. The van der Waals surface area contributed by atoms with Crippen molar-refractivity contribution < 1.29 is 0 Å². The van der Waals surface area contributed by atoms with Gasteiger partial charge in [0.25, 0.3) is 0 Å². The summed E-state index contributed by atoms with van der Waals surface area (Å²) in [6.07, 6.45) is 2.89. The molecular weight excluding hydrogens is 222 g/mol. The van der Waals surface area contributed by atoms with Gasteiger partial charge in [-0.15, -0.1) is 0 Å². The van der Waals surface area contributed by atoms with Crippen LogP contribution >= 0.6 is 0 Å². The van der Waals surface area contributed by atoms with Crippen LogP contribution < -0.4 is 4.90 Å². The molecule has 0 amide bonds. The Morgan fingerprint density at radius 3 is 2.39 bits per heavy atom. The summed E-state index contributed by atoms with van der Waals surface area (Å²) in [6, 6.07) is 12.8. The number of rotatable bonds is 5. The number of piperazine rings is 1. The van der Waals surface area contributed by atoms with Crippen LogP contribution in [0, 0.1) is 11.3 Å². The molecule has 0 aliphatic carbocycles. The largest absolute Gasteiger partial charge is 0.369 e. The minimum absolute atomic E-state index is 0.698. The van der Waals surface area contributed by atoms with Gasteiger partial charge in [0.05, 0.1) is 6.07 Å². The zero-order valence-electron chi connectivity index (χ0n) is 10.9. The predicted molar refractivity (Wildman–Crippen MR) is 74.6 cm³/mol. The van der Waals surface area contributed by atoms with Crippen LogP contribution in [0.3, 0.4) is 0 Å². The van der Waals surface area contributed by atoms with Crippen LogP contribution in [-0.4, -0.2) is 37.6 Å². The Kier molecular flexibility index (Phi) is 5.04. The Morgan fingerprint density at radius 2 is 1.72 bits per heavy atom. The molecule has 0 spiro atoms. The van der Waals surface area contributed by atoms with Gasteiger partial charge in [0.2, 0.25) is 0 Å². The lowest BCUT2D eigenvalue weighted by atomic mass is 10.2. The van der Waals surface area contributed by atoms with Gasteiger partial charge in [-0.1, -0.05) is 18.2 Å². The van der Waals surface area contributed by atoms with Crippen LogP contribution in [0.1, 0.15) is 19.3 Å². The highest BCUT2D eigenvalue weighted by Crippen LogP contribution is 2.15. The molecular formula is C15H21N3. The number of hydrogen-bond acceptors (Lipinski definition) is 3. The van der Waals surface area contributed by atoms with Gasteiger partial charge in [-0.3, -0.25) is 4.90 Å². The van der Waals surface area contributed by atoms with E-state index in [9.17, 15) is 0 Å². The molecule has 1 aromatic carbocycles. The molecule has 0 unspecified atom stereocenters. The summed E-state index contributed by atoms with van der Waals surface area (Å²) >= 11 is 0. The number of nitrogens with zero attached hydrogens (tertiary/aromatic N) is 3. The fourth-order valence-corrected chi connectivity index (χ4v) is 2.41. The summed E-state index contributed by atoms with van der Waals surface area (Å²) in [4.78, 5) is 4.96. The zero-order valence-corrected chi connectivity index (χ0v) is 10.9. The molecule has 18 heavy (non-hydrogen) atoms. The number of anilines is 1. The molecule has 3 nitrogen and oxygen atoms in total. The summed E-state index contributed by atoms with van der Waals surface area (Å²) in [5.74, 6) is 0. The third-order valence-corrected chi connectivity index (χ3v) is 3.51. The minimum Gasteiger partial charge on any atom is -0.369 e. The molecule has 0 N–H and O–H groups in total. The van der Waals surface area contributed by atoms with Gasteiger partial charge < -0.3 is 4.90 Å². The van der Waals surface area contributed by atoms with Crippen LogP contribution in [0.25, 0.3) is 0 Å². The van der Waals surface area contributed by atoms with E-state index in [1.165, 1.54) is 5.69 Å². The number of nitriles is 1. The van der Waals surface area contributed by atoms with Gasteiger partial charge in [0.15, 0.2) is 0 Å². The maximum Gasteiger partial charge on any atom is 0.0621 e. The fraction of sp³-hybridized carbons (Fsp3) is 0.533. The Balaban J connectivity index is 1.70. The summed E-state index contributed by atoms with van der Waals surface area (Å²) in [5, 5.41) is 8.49. The van der Waals surface area contributed by atoms with Crippen molar-refractivity contribution in [1.29, 1.82) is 5.26 Å². The zero-order chi connectivity index (χ0) is 12.6. The van der Waals surface area contributed by atoms with E-state index >= 15 is 0 Å². The van der Waals surface area contributed by atoms with Crippen molar-refractivity contribution in [2.75, 3.05) is 37.6 Å². The lowest BCUT2D eigenvalue weighted by Gasteiger charge is -2.36. The molecule has 1 aliphatic heterocycles.